The Morgan fingerprint density at radius 1 is 1.28 bits per heavy atom. The Morgan fingerprint density at radius 2 is 2.00 bits per heavy atom. The minimum Gasteiger partial charge on any atom is -0.391 e. The summed E-state index contributed by atoms with van der Waals surface area (Å²) in [7, 11) is -3.53. The lowest BCUT2D eigenvalue weighted by Crippen LogP contribution is -2.40. The standard InChI is InChI=1S/C13H19NO3S/c1-9-6-7-13(10(2)8-9)18(16,17)14-11-4-3-5-12(11)15/h6-8,11-12,14-15H,3-5H2,1-2H3. The van der Waals surface area contributed by atoms with Crippen LogP contribution >= 0.6 is 0 Å². The van der Waals surface area contributed by atoms with Crippen LogP contribution in [-0.4, -0.2) is 25.7 Å². The average Bonchev–Trinajstić information content (AvgIpc) is 2.63. The molecule has 0 saturated heterocycles. The molecule has 4 nitrogen and oxygen atoms in total. The first-order chi connectivity index (χ1) is 8.40. The molecular formula is C13H19NO3S. The van der Waals surface area contributed by atoms with Crippen molar-refractivity contribution < 1.29 is 13.5 Å². The Morgan fingerprint density at radius 3 is 2.56 bits per heavy atom. The van der Waals surface area contributed by atoms with E-state index in [1.54, 1.807) is 19.1 Å². The summed E-state index contributed by atoms with van der Waals surface area (Å²) in [5.41, 5.74) is 1.77. The lowest BCUT2D eigenvalue weighted by molar-refractivity contribution is 0.159. The molecule has 0 bridgehead atoms. The molecule has 0 radical (unpaired) electrons. The smallest absolute Gasteiger partial charge is 0.241 e. The molecule has 1 aromatic carbocycles. The van der Waals surface area contributed by atoms with Crippen molar-refractivity contribution in [3.8, 4) is 0 Å². The maximum atomic E-state index is 12.2. The van der Waals surface area contributed by atoms with Gasteiger partial charge in [-0.25, -0.2) is 13.1 Å². The van der Waals surface area contributed by atoms with Crippen LogP contribution in [0.2, 0.25) is 0 Å². The quantitative estimate of drug-likeness (QED) is 0.874. The number of aryl methyl sites for hydroxylation is 2. The van der Waals surface area contributed by atoms with Gasteiger partial charge >= 0.3 is 0 Å². The van der Waals surface area contributed by atoms with Gasteiger partial charge in [-0.05, 0) is 44.7 Å². The van der Waals surface area contributed by atoms with Crippen molar-refractivity contribution in [2.75, 3.05) is 0 Å². The van der Waals surface area contributed by atoms with Crippen molar-refractivity contribution in [2.45, 2.75) is 50.2 Å². The number of benzene rings is 1. The number of aliphatic hydroxyl groups is 1. The third-order valence-electron chi connectivity index (χ3n) is 3.41. The molecule has 2 atom stereocenters. The second kappa shape index (κ2) is 4.99. The van der Waals surface area contributed by atoms with E-state index in [-0.39, 0.29) is 6.04 Å². The summed E-state index contributed by atoms with van der Waals surface area (Å²) in [4.78, 5) is 0.298. The third kappa shape index (κ3) is 2.74. The van der Waals surface area contributed by atoms with E-state index in [1.807, 2.05) is 13.0 Å². The van der Waals surface area contributed by atoms with Crippen molar-refractivity contribution in [3.63, 3.8) is 0 Å². The SMILES string of the molecule is Cc1ccc(S(=O)(=O)NC2CCCC2O)c(C)c1. The molecule has 2 rings (SSSR count). The van der Waals surface area contributed by atoms with E-state index >= 15 is 0 Å². The van der Waals surface area contributed by atoms with Crippen LogP contribution in [0.5, 0.6) is 0 Å². The van der Waals surface area contributed by atoms with Crippen LogP contribution in [-0.2, 0) is 10.0 Å². The van der Waals surface area contributed by atoms with Crippen LogP contribution in [0.15, 0.2) is 23.1 Å². The van der Waals surface area contributed by atoms with Crippen molar-refractivity contribution in [1.29, 1.82) is 0 Å². The Labute approximate surface area is 108 Å². The summed E-state index contributed by atoms with van der Waals surface area (Å²) < 4.78 is 27.1. The predicted molar refractivity (Wildman–Crippen MR) is 69.9 cm³/mol. The fourth-order valence-corrected chi connectivity index (χ4v) is 3.97. The molecule has 100 valence electrons. The zero-order valence-corrected chi connectivity index (χ0v) is 11.5. The molecule has 0 heterocycles. The van der Waals surface area contributed by atoms with E-state index in [2.05, 4.69) is 4.72 Å². The van der Waals surface area contributed by atoms with Crippen molar-refractivity contribution in [3.05, 3.63) is 29.3 Å². The van der Waals surface area contributed by atoms with Gasteiger partial charge in [-0.2, -0.15) is 0 Å². The average molecular weight is 269 g/mol. The third-order valence-corrected chi connectivity index (χ3v) is 5.06. The highest BCUT2D eigenvalue weighted by atomic mass is 32.2. The first-order valence-corrected chi connectivity index (χ1v) is 7.66. The van der Waals surface area contributed by atoms with E-state index in [0.29, 0.717) is 17.7 Å². The van der Waals surface area contributed by atoms with E-state index in [9.17, 15) is 13.5 Å². The lowest BCUT2D eigenvalue weighted by Gasteiger charge is -2.17. The van der Waals surface area contributed by atoms with Gasteiger partial charge in [0.2, 0.25) is 10.0 Å². The van der Waals surface area contributed by atoms with Crippen LogP contribution in [0, 0.1) is 13.8 Å². The van der Waals surface area contributed by atoms with Gasteiger partial charge in [-0.3, -0.25) is 0 Å². The van der Waals surface area contributed by atoms with Crippen LogP contribution in [0.3, 0.4) is 0 Å². The molecule has 0 amide bonds. The highest BCUT2D eigenvalue weighted by molar-refractivity contribution is 7.89. The van der Waals surface area contributed by atoms with Crippen molar-refractivity contribution in [2.24, 2.45) is 0 Å². The molecular weight excluding hydrogens is 250 g/mol. The van der Waals surface area contributed by atoms with E-state index in [0.717, 1.165) is 17.5 Å². The molecule has 1 aliphatic rings. The normalized spacial score (nSPS) is 24.4. The molecule has 0 aliphatic heterocycles. The topological polar surface area (TPSA) is 66.4 Å². The van der Waals surface area contributed by atoms with Crippen LogP contribution in [0.25, 0.3) is 0 Å². The van der Waals surface area contributed by atoms with Crippen LogP contribution < -0.4 is 4.72 Å². The van der Waals surface area contributed by atoms with Gasteiger partial charge < -0.3 is 5.11 Å². The summed E-state index contributed by atoms with van der Waals surface area (Å²) >= 11 is 0. The molecule has 2 N–H and O–H groups in total. The van der Waals surface area contributed by atoms with Gasteiger partial charge in [-0.15, -0.1) is 0 Å². The molecule has 1 aliphatic carbocycles. The molecule has 1 saturated carbocycles. The second-order valence-corrected chi connectivity index (χ2v) is 6.68. The molecule has 1 aromatic rings. The van der Waals surface area contributed by atoms with E-state index in [4.69, 9.17) is 0 Å². The zero-order chi connectivity index (χ0) is 13.3. The maximum absolute atomic E-state index is 12.2. The Kier molecular flexibility index (Phi) is 3.75. The number of rotatable bonds is 3. The summed E-state index contributed by atoms with van der Waals surface area (Å²) in [6.07, 6.45) is 1.66. The van der Waals surface area contributed by atoms with Crippen molar-refractivity contribution >= 4 is 10.0 Å². The lowest BCUT2D eigenvalue weighted by atomic mass is 10.2. The highest BCUT2D eigenvalue weighted by Gasteiger charge is 2.30. The van der Waals surface area contributed by atoms with E-state index in [1.165, 1.54) is 0 Å². The fraction of sp³-hybridized carbons (Fsp3) is 0.538. The minimum absolute atomic E-state index is 0.298. The van der Waals surface area contributed by atoms with Gasteiger partial charge in [0.1, 0.15) is 0 Å². The van der Waals surface area contributed by atoms with Gasteiger partial charge in [0.05, 0.1) is 11.0 Å². The Balaban J connectivity index is 2.25. The summed E-state index contributed by atoms with van der Waals surface area (Å²) in [6, 6.07) is 4.90. The molecule has 2 unspecified atom stereocenters. The largest absolute Gasteiger partial charge is 0.391 e. The molecule has 18 heavy (non-hydrogen) atoms. The Hall–Kier alpha value is -0.910. The van der Waals surface area contributed by atoms with E-state index < -0.39 is 16.1 Å². The number of hydrogen-bond acceptors (Lipinski definition) is 3. The summed E-state index contributed by atoms with van der Waals surface area (Å²) in [5, 5.41) is 9.69. The number of nitrogens with one attached hydrogen (secondary N) is 1. The molecule has 5 heteroatoms. The van der Waals surface area contributed by atoms with Gasteiger partial charge in [-0.1, -0.05) is 17.7 Å². The molecule has 0 spiro atoms. The second-order valence-electron chi connectivity index (χ2n) is 4.99. The fourth-order valence-electron chi connectivity index (χ4n) is 2.44. The van der Waals surface area contributed by atoms with Gasteiger partial charge in [0.15, 0.2) is 0 Å². The van der Waals surface area contributed by atoms with Gasteiger partial charge in [0.25, 0.3) is 0 Å². The number of sulfonamides is 1. The highest BCUT2D eigenvalue weighted by Crippen LogP contribution is 2.22. The Bertz CT molecular complexity index is 539. The monoisotopic (exact) mass is 269 g/mol. The summed E-state index contributed by atoms with van der Waals surface area (Å²) in [6.45, 7) is 3.71. The first-order valence-electron chi connectivity index (χ1n) is 6.18. The van der Waals surface area contributed by atoms with Crippen LogP contribution in [0.4, 0.5) is 0 Å². The minimum atomic E-state index is -3.53. The predicted octanol–water partition coefficient (Wildman–Crippen LogP) is 1.50. The zero-order valence-electron chi connectivity index (χ0n) is 10.7. The first kappa shape index (κ1) is 13.5. The van der Waals surface area contributed by atoms with Crippen LogP contribution in [0.1, 0.15) is 30.4 Å². The summed E-state index contributed by atoms with van der Waals surface area (Å²) in [5.74, 6) is 0. The number of aliphatic hydroxyl groups excluding tert-OH is 1. The van der Waals surface area contributed by atoms with Gasteiger partial charge in [0, 0.05) is 6.04 Å². The van der Waals surface area contributed by atoms with Crippen molar-refractivity contribution in [1.82, 2.24) is 4.72 Å². The molecule has 1 fully saturated rings. The molecule has 0 aromatic heterocycles. The maximum Gasteiger partial charge on any atom is 0.241 e. The number of hydrogen-bond donors (Lipinski definition) is 2.